The van der Waals surface area contributed by atoms with Gasteiger partial charge in [0.1, 0.15) is 22.6 Å². The number of nitrogen functional groups attached to an aromatic ring is 1. The molecule has 2 aromatic heterocycles. The SMILES string of the molecule is CCc1nc2c(N)ncc(C3C=CC(N4CCC(N5CCN(C)CC5)CC4)=C(OC)C3)c2nc1NC1CCN(C)CC1. The number of aryl methyl sites for hydroxylation is 1. The molecule has 10 nitrogen and oxygen atoms in total. The van der Waals surface area contributed by atoms with E-state index in [0.29, 0.717) is 23.4 Å². The number of likely N-dealkylation sites (N-methyl/N-ethyl adjacent to an activating group) is 1. The zero-order valence-corrected chi connectivity index (χ0v) is 26.0. The molecule has 6 rings (SSSR count). The van der Waals surface area contributed by atoms with Crippen LogP contribution in [0.25, 0.3) is 11.0 Å². The molecule has 42 heavy (non-hydrogen) atoms. The molecule has 1 atom stereocenters. The topological polar surface area (TPSA) is 98.9 Å². The number of aromatic nitrogens is 3. The van der Waals surface area contributed by atoms with Crippen molar-refractivity contribution >= 4 is 22.7 Å². The number of methoxy groups -OCH3 is 1. The fraction of sp³-hybridized carbons (Fsp3) is 0.656. The second-order valence-corrected chi connectivity index (χ2v) is 12.6. The number of fused-ring (bicyclic) bond motifs is 1. The fourth-order valence-electron chi connectivity index (χ4n) is 7.11. The van der Waals surface area contributed by atoms with E-state index in [9.17, 15) is 0 Å². The van der Waals surface area contributed by atoms with Gasteiger partial charge < -0.3 is 30.5 Å². The quantitative estimate of drug-likeness (QED) is 0.512. The second kappa shape index (κ2) is 12.7. The van der Waals surface area contributed by atoms with Crippen LogP contribution >= 0.6 is 0 Å². The van der Waals surface area contributed by atoms with Crippen molar-refractivity contribution in [2.75, 3.05) is 84.6 Å². The maximum absolute atomic E-state index is 6.37. The summed E-state index contributed by atoms with van der Waals surface area (Å²) in [4.78, 5) is 24.8. The van der Waals surface area contributed by atoms with Gasteiger partial charge in [0.15, 0.2) is 5.82 Å². The first kappa shape index (κ1) is 29.1. The highest BCUT2D eigenvalue weighted by Gasteiger charge is 2.30. The Morgan fingerprint density at radius 2 is 1.64 bits per heavy atom. The lowest BCUT2D eigenvalue weighted by Gasteiger charge is -2.43. The van der Waals surface area contributed by atoms with E-state index in [1.807, 2.05) is 6.20 Å². The summed E-state index contributed by atoms with van der Waals surface area (Å²) < 4.78 is 6.04. The first-order chi connectivity index (χ1) is 20.4. The lowest BCUT2D eigenvalue weighted by atomic mass is 9.89. The molecule has 3 fully saturated rings. The van der Waals surface area contributed by atoms with Crippen LogP contribution in [-0.4, -0.2) is 120 Å². The molecule has 0 radical (unpaired) electrons. The predicted molar refractivity (Wildman–Crippen MR) is 169 cm³/mol. The van der Waals surface area contributed by atoms with Gasteiger partial charge in [0.25, 0.3) is 0 Å². The van der Waals surface area contributed by atoms with Gasteiger partial charge in [-0.05, 0) is 65.4 Å². The zero-order chi connectivity index (χ0) is 29.2. The number of allylic oxidation sites excluding steroid dienone is 3. The zero-order valence-electron chi connectivity index (χ0n) is 26.0. The van der Waals surface area contributed by atoms with Gasteiger partial charge in [-0.3, -0.25) is 4.90 Å². The molecular weight excluding hydrogens is 526 g/mol. The van der Waals surface area contributed by atoms with Gasteiger partial charge in [-0.2, -0.15) is 0 Å². The van der Waals surface area contributed by atoms with Crippen molar-refractivity contribution in [3.05, 3.63) is 41.1 Å². The first-order valence-electron chi connectivity index (χ1n) is 16.0. The largest absolute Gasteiger partial charge is 0.499 e. The number of hydrogen-bond acceptors (Lipinski definition) is 10. The fourth-order valence-corrected chi connectivity index (χ4v) is 7.11. The Balaban J connectivity index is 1.20. The minimum atomic E-state index is 0.0973. The maximum atomic E-state index is 6.37. The molecule has 4 aliphatic rings. The number of piperazine rings is 1. The molecular formula is C32H49N9O. The third kappa shape index (κ3) is 6.07. The number of nitrogens with two attached hydrogens (primary N) is 1. The molecule has 228 valence electrons. The number of anilines is 2. The van der Waals surface area contributed by atoms with Gasteiger partial charge in [-0.15, -0.1) is 0 Å². The highest BCUT2D eigenvalue weighted by molar-refractivity contribution is 5.88. The Morgan fingerprint density at radius 1 is 0.929 bits per heavy atom. The van der Waals surface area contributed by atoms with Crippen molar-refractivity contribution in [3.63, 3.8) is 0 Å². The van der Waals surface area contributed by atoms with Crippen LogP contribution in [0, 0.1) is 0 Å². The first-order valence-corrected chi connectivity index (χ1v) is 16.0. The van der Waals surface area contributed by atoms with Gasteiger partial charge in [0, 0.05) is 75.5 Å². The summed E-state index contributed by atoms with van der Waals surface area (Å²) in [5.41, 5.74) is 11.1. The van der Waals surface area contributed by atoms with Crippen LogP contribution in [0.15, 0.2) is 29.8 Å². The van der Waals surface area contributed by atoms with Crippen LogP contribution in [-0.2, 0) is 11.2 Å². The third-order valence-corrected chi connectivity index (χ3v) is 9.90. The van der Waals surface area contributed by atoms with E-state index in [1.54, 1.807) is 7.11 Å². The van der Waals surface area contributed by atoms with Gasteiger partial charge in [0.2, 0.25) is 0 Å². The predicted octanol–water partition coefficient (Wildman–Crippen LogP) is 3.29. The molecule has 3 N–H and O–H groups in total. The highest BCUT2D eigenvalue weighted by atomic mass is 16.5. The van der Waals surface area contributed by atoms with Crippen molar-refractivity contribution in [2.45, 2.75) is 63.5 Å². The minimum Gasteiger partial charge on any atom is -0.499 e. The summed E-state index contributed by atoms with van der Waals surface area (Å²) in [6.45, 7) is 11.2. The van der Waals surface area contributed by atoms with E-state index in [4.69, 9.17) is 20.4 Å². The van der Waals surface area contributed by atoms with Crippen molar-refractivity contribution in [2.24, 2.45) is 0 Å². The number of nitrogens with one attached hydrogen (secondary N) is 1. The van der Waals surface area contributed by atoms with Gasteiger partial charge in [0.05, 0.1) is 18.5 Å². The Bertz CT molecular complexity index is 1300. The van der Waals surface area contributed by atoms with Crippen molar-refractivity contribution < 1.29 is 4.74 Å². The number of ether oxygens (including phenoxy) is 1. The molecule has 5 heterocycles. The minimum absolute atomic E-state index is 0.0973. The van der Waals surface area contributed by atoms with Crippen LogP contribution in [0.2, 0.25) is 0 Å². The number of pyridine rings is 1. The molecule has 0 bridgehead atoms. The maximum Gasteiger partial charge on any atom is 0.151 e. The number of hydrogen-bond donors (Lipinski definition) is 2. The summed E-state index contributed by atoms with van der Waals surface area (Å²) >= 11 is 0. The van der Waals surface area contributed by atoms with E-state index >= 15 is 0 Å². The molecule has 0 spiro atoms. The summed E-state index contributed by atoms with van der Waals surface area (Å²) in [5.74, 6) is 2.46. The Hall–Kier alpha value is -2.95. The summed E-state index contributed by atoms with van der Waals surface area (Å²) in [6.07, 6.45) is 12.6. The molecule has 2 aromatic rings. The van der Waals surface area contributed by atoms with E-state index < -0.39 is 0 Å². The van der Waals surface area contributed by atoms with Gasteiger partial charge in [-0.1, -0.05) is 13.0 Å². The van der Waals surface area contributed by atoms with Crippen LogP contribution in [0.4, 0.5) is 11.6 Å². The summed E-state index contributed by atoms with van der Waals surface area (Å²) in [5, 5.41) is 3.74. The molecule has 10 heteroatoms. The number of rotatable bonds is 7. The van der Waals surface area contributed by atoms with Crippen molar-refractivity contribution in [1.29, 1.82) is 0 Å². The van der Waals surface area contributed by atoms with Crippen LogP contribution in [0.1, 0.15) is 56.2 Å². The Labute approximate surface area is 251 Å². The van der Waals surface area contributed by atoms with Crippen LogP contribution < -0.4 is 11.1 Å². The monoisotopic (exact) mass is 575 g/mol. The standard InChI is InChI=1S/C32H49N9O/c1-5-26-32(35-23-8-12-38(2)13-9-23)37-29-25(21-34-31(33)30(29)36-26)22-6-7-27(28(20-22)42-4)41-14-10-24(11-15-41)40-18-16-39(3)17-19-40/h6-7,21-24H,5,8-20H2,1-4H3,(H2,33,34)(H,35,37). The molecule has 0 saturated carbocycles. The average molecular weight is 576 g/mol. The number of nitrogens with zero attached hydrogens (tertiary/aromatic N) is 7. The van der Waals surface area contributed by atoms with Crippen LogP contribution in [0.3, 0.4) is 0 Å². The number of likely N-dealkylation sites (tertiary alicyclic amines) is 2. The lowest BCUT2D eigenvalue weighted by Crippen LogP contribution is -2.52. The van der Waals surface area contributed by atoms with E-state index in [1.165, 1.54) is 44.7 Å². The highest BCUT2D eigenvalue weighted by Crippen LogP contribution is 2.38. The molecule has 3 aliphatic heterocycles. The molecule has 1 unspecified atom stereocenters. The van der Waals surface area contributed by atoms with E-state index in [-0.39, 0.29) is 5.92 Å². The second-order valence-electron chi connectivity index (χ2n) is 12.6. The van der Waals surface area contributed by atoms with Crippen molar-refractivity contribution in [3.8, 4) is 0 Å². The third-order valence-electron chi connectivity index (χ3n) is 9.90. The number of piperidine rings is 2. The Kier molecular flexibility index (Phi) is 8.83. The lowest BCUT2D eigenvalue weighted by molar-refractivity contribution is 0.0748. The van der Waals surface area contributed by atoms with Gasteiger partial charge in [-0.25, -0.2) is 15.0 Å². The molecule has 1 aliphatic carbocycles. The normalized spacial score (nSPS) is 24.1. The van der Waals surface area contributed by atoms with E-state index in [0.717, 1.165) is 80.2 Å². The average Bonchev–Trinajstić information content (AvgIpc) is 3.02. The molecule has 0 aromatic carbocycles. The molecule has 3 saturated heterocycles. The Morgan fingerprint density at radius 3 is 2.33 bits per heavy atom. The van der Waals surface area contributed by atoms with Crippen molar-refractivity contribution in [1.82, 2.24) is 34.6 Å². The summed E-state index contributed by atoms with van der Waals surface area (Å²) in [7, 11) is 6.22. The molecule has 0 amide bonds. The summed E-state index contributed by atoms with van der Waals surface area (Å²) in [6, 6.07) is 1.10. The van der Waals surface area contributed by atoms with E-state index in [2.05, 4.69) is 63.1 Å². The smallest absolute Gasteiger partial charge is 0.151 e. The van der Waals surface area contributed by atoms with Gasteiger partial charge >= 0.3 is 0 Å². The van der Waals surface area contributed by atoms with Crippen LogP contribution in [0.5, 0.6) is 0 Å².